The lowest BCUT2D eigenvalue weighted by Crippen LogP contribution is -2.23. The second kappa shape index (κ2) is 6.59. The fourth-order valence-corrected chi connectivity index (χ4v) is 3.45. The Labute approximate surface area is 150 Å². The molecule has 1 N–H and O–H groups in total. The van der Waals surface area contributed by atoms with Crippen molar-refractivity contribution < 1.29 is 19.1 Å². The van der Waals surface area contributed by atoms with E-state index in [0.29, 0.717) is 12.8 Å². The largest absolute Gasteiger partial charge is 0.475 e. The summed E-state index contributed by atoms with van der Waals surface area (Å²) >= 11 is 0. The molecule has 26 heavy (non-hydrogen) atoms. The second-order valence-electron chi connectivity index (χ2n) is 6.49. The number of nitrogens with zero attached hydrogens (tertiary/aromatic N) is 1. The minimum atomic E-state index is -1.22. The molecule has 1 aliphatic carbocycles. The van der Waals surface area contributed by atoms with Crippen molar-refractivity contribution in [3.63, 3.8) is 0 Å². The summed E-state index contributed by atoms with van der Waals surface area (Å²) in [5.41, 5.74) is 4.76. The number of carbonyl (C=O) groups is 2. The van der Waals surface area contributed by atoms with Gasteiger partial charge in [-0.3, -0.25) is 4.79 Å². The van der Waals surface area contributed by atoms with E-state index in [1.165, 1.54) is 16.7 Å². The number of benzene rings is 2. The Morgan fingerprint density at radius 1 is 1.04 bits per heavy atom. The number of carboxylic acid groups (broad SMARTS) is 1. The van der Waals surface area contributed by atoms with Gasteiger partial charge in [-0.05, 0) is 41.5 Å². The SMILES string of the molecule is O=C(O)c1cnc(C(=O)C2CCc3cc(-c4ccccc4)ccc3C2)o1. The predicted molar refractivity (Wildman–Crippen MR) is 95.2 cm³/mol. The van der Waals surface area contributed by atoms with Gasteiger partial charge < -0.3 is 9.52 Å². The first-order valence-electron chi connectivity index (χ1n) is 8.52. The van der Waals surface area contributed by atoms with Crippen molar-refractivity contribution in [1.82, 2.24) is 4.98 Å². The van der Waals surface area contributed by atoms with Gasteiger partial charge in [0.15, 0.2) is 0 Å². The average Bonchev–Trinajstić information content (AvgIpc) is 3.18. The van der Waals surface area contributed by atoms with E-state index in [1.807, 2.05) is 18.2 Å². The molecule has 1 aromatic heterocycles. The highest BCUT2D eigenvalue weighted by Crippen LogP contribution is 2.31. The van der Waals surface area contributed by atoms with E-state index in [-0.39, 0.29) is 23.4 Å². The fraction of sp³-hybridized carbons (Fsp3) is 0.190. The Bertz CT molecular complexity index is 975. The highest BCUT2D eigenvalue weighted by Gasteiger charge is 2.29. The Kier molecular flexibility index (Phi) is 4.13. The van der Waals surface area contributed by atoms with Crippen LogP contribution in [0.3, 0.4) is 0 Å². The summed E-state index contributed by atoms with van der Waals surface area (Å²) in [7, 11) is 0. The van der Waals surface area contributed by atoms with Crippen LogP contribution in [0.15, 0.2) is 59.1 Å². The molecule has 1 heterocycles. The number of hydrogen-bond acceptors (Lipinski definition) is 4. The van der Waals surface area contributed by atoms with E-state index in [1.54, 1.807) is 0 Å². The minimum Gasteiger partial charge on any atom is -0.475 e. The van der Waals surface area contributed by atoms with Gasteiger partial charge in [-0.2, -0.15) is 0 Å². The molecule has 1 atom stereocenters. The molecule has 0 spiro atoms. The summed E-state index contributed by atoms with van der Waals surface area (Å²) in [6.07, 6.45) is 3.21. The molecule has 5 heteroatoms. The van der Waals surface area contributed by atoms with Crippen LogP contribution in [0.2, 0.25) is 0 Å². The Balaban J connectivity index is 1.54. The Morgan fingerprint density at radius 3 is 2.58 bits per heavy atom. The Morgan fingerprint density at radius 2 is 1.85 bits per heavy atom. The molecular weight excluding hydrogens is 330 g/mol. The van der Waals surface area contributed by atoms with Crippen LogP contribution in [0.1, 0.15) is 38.8 Å². The summed E-state index contributed by atoms with van der Waals surface area (Å²) in [4.78, 5) is 27.3. The van der Waals surface area contributed by atoms with Crippen LogP contribution in [-0.4, -0.2) is 21.8 Å². The topological polar surface area (TPSA) is 80.4 Å². The monoisotopic (exact) mass is 347 g/mol. The zero-order valence-corrected chi connectivity index (χ0v) is 14.0. The van der Waals surface area contributed by atoms with Crippen LogP contribution in [-0.2, 0) is 12.8 Å². The molecule has 4 rings (SSSR count). The van der Waals surface area contributed by atoms with Gasteiger partial charge in [-0.1, -0.05) is 48.5 Å². The molecule has 0 saturated heterocycles. The first kappa shape index (κ1) is 16.3. The number of carboxylic acids is 1. The zero-order chi connectivity index (χ0) is 18.1. The minimum absolute atomic E-state index is 0.114. The average molecular weight is 347 g/mol. The van der Waals surface area contributed by atoms with Crippen LogP contribution in [0.25, 0.3) is 11.1 Å². The fourth-order valence-electron chi connectivity index (χ4n) is 3.45. The van der Waals surface area contributed by atoms with Crippen molar-refractivity contribution in [2.45, 2.75) is 19.3 Å². The number of hydrogen-bond donors (Lipinski definition) is 1. The third-order valence-corrected chi connectivity index (χ3v) is 4.84. The van der Waals surface area contributed by atoms with Crippen molar-refractivity contribution in [3.8, 4) is 11.1 Å². The standard InChI is InChI=1S/C21H17NO4/c23-19(20-22-12-18(26-20)21(24)25)17-9-8-15-10-14(6-7-16(15)11-17)13-4-2-1-3-5-13/h1-7,10,12,17H,8-9,11H2,(H,24,25). The van der Waals surface area contributed by atoms with E-state index in [4.69, 9.17) is 9.52 Å². The predicted octanol–water partition coefficient (Wildman–Crippen LogP) is 4.03. The van der Waals surface area contributed by atoms with Crippen LogP contribution in [0, 0.1) is 5.92 Å². The maximum atomic E-state index is 12.6. The lowest BCUT2D eigenvalue weighted by atomic mass is 9.80. The molecule has 3 aromatic rings. The number of rotatable bonds is 4. The second-order valence-corrected chi connectivity index (χ2v) is 6.49. The third kappa shape index (κ3) is 3.04. The molecule has 1 aliphatic rings. The smallest absolute Gasteiger partial charge is 0.373 e. The quantitative estimate of drug-likeness (QED) is 0.721. The zero-order valence-electron chi connectivity index (χ0n) is 14.0. The van der Waals surface area contributed by atoms with Gasteiger partial charge in [-0.25, -0.2) is 9.78 Å². The van der Waals surface area contributed by atoms with Crippen LogP contribution in [0.5, 0.6) is 0 Å². The highest BCUT2D eigenvalue weighted by atomic mass is 16.4. The van der Waals surface area contributed by atoms with Gasteiger partial charge in [0.25, 0.3) is 5.89 Å². The number of Topliss-reactive ketones (excluding diaryl/α,β-unsaturated/α-hetero) is 1. The maximum absolute atomic E-state index is 12.6. The molecule has 2 aromatic carbocycles. The summed E-state index contributed by atoms with van der Waals surface area (Å²) in [6.45, 7) is 0. The lowest BCUT2D eigenvalue weighted by Gasteiger charge is -2.23. The first-order chi connectivity index (χ1) is 12.6. The van der Waals surface area contributed by atoms with Gasteiger partial charge in [0.05, 0.1) is 6.20 Å². The van der Waals surface area contributed by atoms with E-state index in [0.717, 1.165) is 18.2 Å². The van der Waals surface area contributed by atoms with Crippen molar-refractivity contribution >= 4 is 11.8 Å². The van der Waals surface area contributed by atoms with Gasteiger partial charge in [0.2, 0.25) is 11.5 Å². The highest BCUT2D eigenvalue weighted by molar-refractivity contribution is 5.95. The molecule has 0 amide bonds. The van der Waals surface area contributed by atoms with Crippen LogP contribution < -0.4 is 0 Å². The number of ketones is 1. The molecule has 1 unspecified atom stereocenters. The van der Waals surface area contributed by atoms with E-state index < -0.39 is 5.97 Å². The Hall–Kier alpha value is -3.21. The lowest BCUT2D eigenvalue weighted by molar-refractivity contribution is 0.0658. The number of oxazole rings is 1. The van der Waals surface area contributed by atoms with Gasteiger partial charge in [-0.15, -0.1) is 0 Å². The summed E-state index contributed by atoms with van der Waals surface area (Å²) in [5.74, 6) is -2.10. The molecule has 0 fully saturated rings. The number of aryl methyl sites for hydroxylation is 1. The molecule has 5 nitrogen and oxygen atoms in total. The van der Waals surface area contributed by atoms with Crippen molar-refractivity contribution in [3.05, 3.63) is 77.5 Å². The first-order valence-corrected chi connectivity index (χ1v) is 8.52. The van der Waals surface area contributed by atoms with Crippen molar-refractivity contribution in [2.75, 3.05) is 0 Å². The third-order valence-electron chi connectivity index (χ3n) is 4.84. The maximum Gasteiger partial charge on any atom is 0.373 e. The van der Waals surface area contributed by atoms with E-state index in [9.17, 15) is 9.59 Å². The molecule has 0 bridgehead atoms. The summed E-state index contributed by atoms with van der Waals surface area (Å²) in [6, 6.07) is 16.6. The number of carbonyl (C=O) groups excluding carboxylic acids is 1. The van der Waals surface area contributed by atoms with Gasteiger partial charge in [0, 0.05) is 5.92 Å². The number of aromatic carboxylic acids is 1. The molecular formula is C21H17NO4. The van der Waals surface area contributed by atoms with Crippen LogP contribution >= 0.6 is 0 Å². The normalized spacial score (nSPS) is 16.1. The molecule has 0 radical (unpaired) electrons. The summed E-state index contributed by atoms with van der Waals surface area (Å²) in [5, 5.41) is 8.90. The molecule has 0 saturated carbocycles. The summed E-state index contributed by atoms with van der Waals surface area (Å²) < 4.78 is 5.06. The van der Waals surface area contributed by atoms with E-state index in [2.05, 4.69) is 35.3 Å². The number of aromatic nitrogens is 1. The molecule has 0 aliphatic heterocycles. The molecule has 130 valence electrons. The van der Waals surface area contributed by atoms with Crippen molar-refractivity contribution in [1.29, 1.82) is 0 Å². The van der Waals surface area contributed by atoms with Crippen LogP contribution in [0.4, 0.5) is 0 Å². The van der Waals surface area contributed by atoms with Gasteiger partial charge in [0.1, 0.15) is 0 Å². The van der Waals surface area contributed by atoms with Crippen molar-refractivity contribution in [2.24, 2.45) is 5.92 Å². The van der Waals surface area contributed by atoms with E-state index >= 15 is 0 Å². The van der Waals surface area contributed by atoms with Gasteiger partial charge >= 0.3 is 5.97 Å². The number of fused-ring (bicyclic) bond motifs is 1.